The average molecular weight is 286 g/mol. The second kappa shape index (κ2) is 6.74. The zero-order valence-electron chi connectivity index (χ0n) is 12.1. The predicted molar refractivity (Wildman–Crippen MR) is 81.1 cm³/mol. The molecule has 0 radical (unpaired) electrons. The number of anilines is 1. The van der Waals surface area contributed by atoms with E-state index in [1.54, 1.807) is 26.2 Å². The van der Waals surface area contributed by atoms with Crippen LogP contribution in [0.15, 0.2) is 36.4 Å². The number of hydrogen-bond donors (Lipinski definition) is 2. The van der Waals surface area contributed by atoms with Gasteiger partial charge in [-0.15, -0.1) is 0 Å². The number of aryl methyl sites for hydroxylation is 1. The minimum absolute atomic E-state index is 0.230. The van der Waals surface area contributed by atoms with E-state index in [-0.39, 0.29) is 5.56 Å². The van der Waals surface area contributed by atoms with E-state index in [0.717, 1.165) is 12.2 Å². The molecule has 0 bridgehead atoms. The van der Waals surface area contributed by atoms with Gasteiger partial charge in [0.15, 0.2) is 0 Å². The third-order valence-electron chi connectivity index (χ3n) is 3.17. The molecule has 0 aliphatic rings. The highest BCUT2D eigenvalue weighted by Crippen LogP contribution is 2.14. The van der Waals surface area contributed by atoms with Crippen molar-refractivity contribution >= 4 is 11.8 Å². The zero-order valence-corrected chi connectivity index (χ0v) is 12.1. The summed E-state index contributed by atoms with van der Waals surface area (Å²) in [6.07, 6.45) is 0.832. The van der Waals surface area contributed by atoms with Gasteiger partial charge in [0.05, 0.1) is 18.4 Å². The Hall–Kier alpha value is -2.56. The summed E-state index contributed by atoms with van der Waals surface area (Å²) in [7, 11) is 1.65. The van der Waals surface area contributed by atoms with Crippen molar-refractivity contribution in [3.05, 3.63) is 53.2 Å². The van der Waals surface area contributed by atoms with Gasteiger partial charge in [-0.2, -0.15) is 0 Å². The molecule has 1 heterocycles. The van der Waals surface area contributed by atoms with Gasteiger partial charge in [-0.05, 0) is 43.2 Å². The van der Waals surface area contributed by atoms with E-state index < -0.39 is 5.97 Å². The fourth-order valence-electron chi connectivity index (χ4n) is 2.05. The van der Waals surface area contributed by atoms with Crippen molar-refractivity contribution < 1.29 is 14.6 Å². The molecule has 0 spiro atoms. The molecule has 1 aromatic carbocycles. The summed E-state index contributed by atoms with van der Waals surface area (Å²) in [4.78, 5) is 15.2. The zero-order chi connectivity index (χ0) is 15.2. The highest BCUT2D eigenvalue weighted by Gasteiger charge is 2.08. The van der Waals surface area contributed by atoms with Crippen LogP contribution < -0.4 is 10.1 Å². The quantitative estimate of drug-likeness (QED) is 0.854. The number of carbonyl (C=O) groups is 1. The van der Waals surface area contributed by atoms with E-state index in [9.17, 15) is 4.79 Å². The number of nitrogens with zero attached hydrogens (tertiary/aromatic N) is 1. The number of rotatable bonds is 6. The van der Waals surface area contributed by atoms with Crippen LogP contribution in [0.2, 0.25) is 0 Å². The second-order valence-corrected chi connectivity index (χ2v) is 4.66. The molecule has 0 saturated carbocycles. The highest BCUT2D eigenvalue weighted by molar-refractivity contribution is 5.89. The van der Waals surface area contributed by atoms with Gasteiger partial charge >= 0.3 is 5.97 Å². The lowest BCUT2D eigenvalue weighted by Gasteiger charge is -2.08. The Morgan fingerprint density at radius 3 is 2.81 bits per heavy atom. The lowest BCUT2D eigenvalue weighted by Crippen LogP contribution is -2.09. The number of nitrogens with one attached hydrogen (secondary N) is 1. The molecule has 1 aromatic heterocycles. The Bertz CT molecular complexity index is 641. The highest BCUT2D eigenvalue weighted by atomic mass is 16.5. The number of pyridine rings is 1. The van der Waals surface area contributed by atoms with Crippen LogP contribution in [-0.2, 0) is 6.42 Å². The molecule has 110 valence electrons. The van der Waals surface area contributed by atoms with Crippen LogP contribution in [-0.4, -0.2) is 29.7 Å². The molecular weight excluding hydrogens is 268 g/mol. The molecule has 0 unspecified atom stereocenters. The number of benzene rings is 1. The largest absolute Gasteiger partial charge is 0.497 e. The number of carboxylic acid groups (broad SMARTS) is 1. The fraction of sp³-hybridized carbons (Fsp3) is 0.250. The van der Waals surface area contributed by atoms with E-state index in [1.807, 2.05) is 24.3 Å². The number of ether oxygens (including phenoxy) is 1. The SMILES string of the molecule is COc1cccc(CCNc2ccc(C(=O)O)c(C)n2)c1. The van der Waals surface area contributed by atoms with E-state index in [1.165, 1.54) is 5.56 Å². The molecule has 0 aliphatic carbocycles. The van der Waals surface area contributed by atoms with E-state index in [0.29, 0.717) is 18.1 Å². The smallest absolute Gasteiger partial charge is 0.337 e. The Labute approximate surface area is 123 Å². The first-order valence-electron chi connectivity index (χ1n) is 6.68. The topological polar surface area (TPSA) is 71.5 Å². The first kappa shape index (κ1) is 14.8. The van der Waals surface area contributed by atoms with Crippen molar-refractivity contribution in [3.8, 4) is 5.75 Å². The van der Waals surface area contributed by atoms with Gasteiger partial charge in [-0.3, -0.25) is 0 Å². The Morgan fingerprint density at radius 1 is 1.33 bits per heavy atom. The number of methoxy groups -OCH3 is 1. The van der Waals surface area contributed by atoms with Crippen molar-refractivity contribution in [3.63, 3.8) is 0 Å². The second-order valence-electron chi connectivity index (χ2n) is 4.66. The average Bonchev–Trinajstić information content (AvgIpc) is 2.47. The molecule has 21 heavy (non-hydrogen) atoms. The number of hydrogen-bond acceptors (Lipinski definition) is 4. The molecule has 5 heteroatoms. The molecule has 0 atom stereocenters. The monoisotopic (exact) mass is 286 g/mol. The Balaban J connectivity index is 1.94. The number of carboxylic acids is 1. The Morgan fingerprint density at radius 2 is 2.14 bits per heavy atom. The van der Waals surface area contributed by atoms with E-state index in [4.69, 9.17) is 9.84 Å². The lowest BCUT2D eigenvalue weighted by molar-refractivity contribution is 0.0695. The van der Waals surface area contributed by atoms with Crippen LogP contribution in [0.25, 0.3) is 0 Å². The molecule has 0 aliphatic heterocycles. The summed E-state index contributed by atoms with van der Waals surface area (Å²) in [5, 5.41) is 12.2. The maximum Gasteiger partial charge on any atom is 0.337 e. The minimum atomic E-state index is -0.956. The minimum Gasteiger partial charge on any atom is -0.497 e. The third-order valence-corrected chi connectivity index (χ3v) is 3.17. The normalized spacial score (nSPS) is 10.2. The molecule has 2 N–H and O–H groups in total. The molecular formula is C16H18N2O3. The van der Waals surface area contributed by atoms with Gasteiger partial charge in [0.1, 0.15) is 11.6 Å². The maximum absolute atomic E-state index is 10.9. The predicted octanol–water partition coefficient (Wildman–Crippen LogP) is 2.75. The molecule has 0 amide bonds. The fourth-order valence-corrected chi connectivity index (χ4v) is 2.05. The maximum atomic E-state index is 10.9. The summed E-state index contributed by atoms with van der Waals surface area (Å²) in [5.74, 6) is 0.565. The number of aromatic carboxylic acids is 1. The lowest BCUT2D eigenvalue weighted by atomic mass is 10.1. The van der Waals surface area contributed by atoms with Crippen LogP contribution in [0.3, 0.4) is 0 Å². The Kier molecular flexibility index (Phi) is 4.77. The van der Waals surface area contributed by atoms with Gasteiger partial charge in [0.25, 0.3) is 0 Å². The van der Waals surface area contributed by atoms with Crippen LogP contribution in [0.5, 0.6) is 5.75 Å². The molecule has 0 saturated heterocycles. The third kappa shape index (κ3) is 3.95. The summed E-state index contributed by atoms with van der Waals surface area (Å²) in [5.41, 5.74) is 1.91. The van der Waals surface area contributed by atoms with Crippen molar-refractivity contribution in [2.24, 2.45) is 0 Å². The van der Waals surface area contributed by atoms with Crippen LogP contribution in [0.4, 0.5) is 5.82 Å². The van der Waals surface area contributed by atoms with Crippen molar-refractivity contribution in [1.82, 2.24) is 4.98 Å². The van der Waals surface area contributed by atoms with E-state index in [2.05, 4.69) is 10.3 Å². The summed E-state index contributed by atoms with van der Waals surface area (Å²) in [6.45, 7) is 2.41. The van der Waals surface area contributed by atoms with Gasteiger partial charge in [0, 0.05) is 6.54 Å². The molecule has 2 aromatic rings. The van der Waals surface area contributed by atoms with Crippen molar-refractivity contribution in [1.29, 1.82) is 0 Å². The van der Waals surface area contributed by atoms with Crippen LogP contribution in [0.1, 0.15) is 21.6 Å². The van der Waals surface area contributed by atoms with Crippen molar-refractivity contribution in [2.45, 2.75) is 13.3 Å². The van der Waals surface area contributed by atoms with Gasteiger partial charge in [-0.25, -0.2) is 9.78 Å². The van der Waals surface area contributed by atoms with Crippen LogP contribution >= 0.6 is 0 Å². The first-order valence-corrected chi connectivity index (χ1v) is 6.68. The van der Waals surface area contributed by atoms with Crippen LogP contribution in [0, 0.1) is 6.92 Å². The van der Waals surface area contributed by atoms with E-state index >= 15 is 0 Å². The summed E-state index contributed by atoms with van der Waals surface area (Å²) in [6, 6.07) is 11.1. The molecule has 2 rings (SSSR count). The van der Waals surface area contributed by atoms with Crippen molar-refractivity contribution in [2.75, 3.05) is 19.0 Å². The molecule has 5 nitrogen and oxygen atoms in total. The standard InChI is InChI=1S/C16H18N2O3/c1-11-14(16(19)20)6-7-15(18-11)17-9-8-12-4-3-5-13(10-12)21-2/h3-7,10H,8-9H2,1-2H3,(H,17,18)(H,19,20). The summed E-state index contributed by atoms with van der Waals surface area (Å²) < 4.78 is 5.18. The van der Waals surface area contributed by atoms with Gasteiger partial charge in [-0.1, -0.05) is 12.1 Å². The van der Waals surface area contributed by atoms with Gasteiger partial charge < -0.3 is 15.2 Å². The number of aromatic nitrogens is 1. The van der Waals surface area contributed by atoms with Gasteiger partial charge in [0.2, 0.25) is 0 Å². The first-order chi connectivity index (χ1) is 10.1. The molecule has 0 fully saturated rings. The summed E-state index contributed by atoms with van der Waals surface area (Å²) >= 11 is 0.